The molecule has 0 N–H and O–H groups in total. The van der Waals surface area contributed by atoms with Crippen LogP contribution >= 0.6 is 23.1 Å². The maximum atomic E-state index is 13.9. The SMILES string of the molecule is CCc1ccc(N(C(=O)C2CSC3(C)CCC(=O)N23)c2nc3ccccc3s2)cc1. The molecular formula is C23H23N3O2S2. The molecule has 5 nitrogen and oxygen atoms in total. The van der Waals surface area contributed by atoms with E-state index in [1.54, 1.807) is 16.7 Å². The molecule has 30 heavy (non-hydrogen) atoms. The minimum atomic E-state index is -0.465. The number of rotatable bonds is 4. The number of hydrogen-bond acceptors (Lipinski definition) is 5. The maximum Gasteiger partial charge on any atom is 0.257 e. The van der Waals surface area contributed by atoms with Crippen LogP contribution in [0, 0.1) is 0 Å². The number of carbonyl (C=O) groups is 2. The zero-order chi connectivity index (χ0) is 20.9. The smallest absolute Gasteiger partial charge is 0.257 e. The Hall–Kier alpha value is -2.38. The lowest BCUT2D eigenvalue weighted by Gasteiger charge is -2.32. The van der Waals surface area contributed by atoms with Crippen LogP contribution in [0.3, 0.4) is 0 Å². The van der Waals surface area contributed by atoms with Gasteiger partial charge in [0.05, 0.1) is 20.8 Å². The van der Waals surface area contributed by atoms with Crippen LogP contribution in [0.5, 0.6) is 0 Å². The molecule has 2 aliphatic rings. The standard InChI is InChI=1S/C23H23N3O2S2/c1-3-15-8-10-16(11-9-15)25(22-24-17-6-4-5-7-19(17)30-22)21(28)18-14-29-23(2)13-12-20(27)26(18)23/h4-11,18H,3,12-14H2,1-2H3. The summed E-state index contributed by atoms with van der Waals surface area (Å²) in [5, 5.41) is 0.649. The molecule has 0 radical (unpaired) electrons. The zero-order valence-corrected chi connectivity index (χ0v) is 18.6. The Morgan fingerprint density at radius 2 is 2.00 bits per heavy atom. The number of amides is 2. The number of carbonyl (C=O) groups excluding carboxylic acids is 2. The number of thioether (sulfide) groups is 1. The fourth-order valence-corrected chi connectivity index (χ4v) is 6.74. The van der Waals surface area contributed by atoms with Gasteiger partial charge in [-0.1, -0.05) is 42.5 Å². The van der Waals surface area contributed by atoms with Crippen molar-refractivity contribution < 1.29 is 9.59 Å². The number of hydrogen-bond donors (Lipinski definition) is 0. The highest BCUT2D eigenvalue weighted by Crippen LogP contribution is 2.48. The number of fused-ring (bicyclic) bond motifs is 2. The number of nitrogens with zero attached hydrogens (tertiary/aromatic N) is 3. The molecule has 2 aromatic carbocycles. The van der Waals surface area contributed by atoms with Gasteiger partial charge in [-0.25, -0.2) is 4.98 Å². The normalized spacial score (nSPS) is 23.2. The van der Waals surface area contributed by atoms with E-state index >= 15 is 0 Å². The van der Waals surface area contributed by atoms with Gasteiger partial charge in [0.1, 0.15) is 6.04 Å². The molecule has 2 aliphatic heterocycles. The average Bonchev–Trinajstić information content (AvgIpc) is 3.41. The summed E-state index contributed by atoms with van der Waals surface area (Å²) in [4.78, 5) is 34.5. The van der Waals surface area contributed by atoms with E-state index in [0.29, 0.717) is 17.3 Å². The summed E-state index contributed by atoms with van der Waals surface area (Å²) < 4.78 is 1.04. The molecule has 1 aromatic heterocycles. The molecule has 2 fully saturated rings. The number of aryl methyl sites for hydroxylation is 1. The van der Waals surface area contributed by atoms with E-state index in [9.17, 15) is 9.59 Å². The first-order chi connectivity index (χ1) is 14.5. The number of thiazole rings is 1. The molecule has 3 heterocycles. The van der Waals surface area contributed by atoms with Crippen molar-refractivity contribution in [3.05, 3.63) is 54.1 Å². The monoisotopic (exact) mass is 437 g/mol. The third-order valence-corrected chi connectivity index (χ3v) is 8.55. The maximum absolute atomic E-state index is 13.9. The van der Waals surface area contributed by atoms with Gasteiger partial charge in [0.2, 0.25) is 5.91 Å². The Morgan fingerprint density at radius 1 is 1.23 bits per heavy atom. The fraction of sp³-hybridized carbons (Fsp3) is 0.348. The largest absolute Gasteiger partial charge is 0.315 e. The van der Waals surface area contributed by atoms with Crippen molar-refractivity contribution in [2.45, 2.75) is 44.0 Å². The molecule has 2 atom stereocenters. The Morgan fingerprint density at radius 3 is 2.73 bits per heavy atom. The summed E-state index contributed by atoms with van der Waals surface area (Å²) >= 11 is 3.22. The first-order valence-electron chi connectivity index (χ1n) is 10.2. The molecule has 5 rings (SSSR count). The van der Waals surface area contributed by atoms with Gasteiger partial charge in [0.15, 0.2) is 5.13 Å². The lowest BCUT2D eigenvalue weighted by molar-refractivity contribution is -0.136. The summed E-state index contributed by atoms with van der Waals surface area (Å²) in [5.41, 5.74) is 2.89. The van der Waals surface area contributed by atoms with E-state index in [2.05, 4.69) is 26.0 Å². The third kappa shape index (κ3) is 3.11. The van der Waals surface area contributed by atoms with Crippen LogP contribution in [-0.4, -0.2) is 38.4 Å². The van der Waals surface area contributed by atoms with Crippen molar-refractivity contribution >= 4 is 55.9 Å². The van der Waals surface area contributed by atoms with Crippen molar-refractivity contribution in [3.8, 4) is 0 Å². The summed E-state index contributed by atoms with van der Waals surface area (Å²) in [6.45, 7) is 4.19. The Kier molecular flexibility index (Phi) is 4.82. The van der Waals surface area contributed by atoms with Crippen LogP contribution in [0.1, 0.15) is 32.3 Å². The number of aromatic nitrogens is 1. The van der Waals surface area contributed by atoms with Gasteiger partial charge in [-0.05, 0) is 49.6 Å². The lowest BCUT2D eigenvalue weighted by Crippen LogP contribution is -2.50. The van der Waals surface area contributed by atoms with E-state index in [1.807, 2.05) is 41.3 Å². The quantitative estimate of drug-likeness (QED) is 0.578. The molecule has 154 valence electrons. The van der Waals surface area contributed by atoms with Gasteiger partial charge < -0.3 is 4.90 Å². The summed E-state index contributed by atoms with van der Waals surface area (Å²) in [5.74, 6) is 0.617. The Bertz CT molecular complexity index is 1090. The molecule has 0 bridgehead atoms. The van der Waals surface area contributed by atoms with E-state index in [-0.39, 0.29) is 16.7 Å². The van der Waals surface area contributed by atoms with Crippen molar-refractivity contribution in [2.75, 3.05) is 10.7 Å². The van der Waals surface area contributed by atoms with E-state index in [1.165, 1.54) is 16.9 Å². The predicted molar refractivity (Wildman–Crippen MR) is 123 cm³/mol. The van der Waals surface area contributed by atoms with Crippen LogP contribution in [0.2, 0.25) is 0 Å². The molecule has 7 heteroatoms. The number of anilines is 2. The van der Waals surface area contributed by atoms with Crippen LogP contribution in [0.25, 0.3) is 10.2 Å². The van der Waals surface area contributed by atoms with Crippen LogP contribution in [-0.2, 0) is 16.0 Å². The van der Waals surface area contributed by atoms with Gasteiger partial charge in [-0.15, -0.1) is 11.8 Å². The van der Waals surface area contributed by atoms with Crippen LogP contribution in [0.4, 0.5) is 10.8 Å². The number of benzene rings is 2. The van der Waals surface area contributed by atoms with E-state index in [0.717, 1.165) is 28.7 Å². The molecule has 2 saturated heterocycles. The van der Waals surface area contributed by atoms with Crippen molar-refractivity contribution in [3.63, 3.8) is 0 Å². The highest BCUT2D eigenvalue weighted by atomic mass is 32.2. The molecule has 2 unspecified atom stereocenters. The van der Waals surface area contributed by atoms with Crippen LogP contribution in [0.15, 0.2) is 48.5 Å². The zero-order valence-electron chi connectivity index (χ0n) is 17.0. The summed E-state index contributed by atoms with van der Waals surface area (Å²) in [7, 11) is 0. The van der Waals surface area contributed by atoms with Gasteiger partial charge in [0.25, 0.3) is 5.91 Å². The molecule has 2 amide bonds. The van der Waals surface area contributed by atoms with Crippen LogP contribution < -0.4 is 4.90 Å². The van der Waals surface area contributed by atoms with Crippen molar-refractivity contribution in [2.24, 2.45) is 0 Å². The fourth-order valence-electron chi connectivity index (χ4n) is 4.32. The average molecular weight is 438 g/mol. The molecular weight excluding hydrogens is 414 g/mol. The third-order valence-electron chi connectivity index (χ3n) is 6.03. The Balaban J connectivity index is 1.58. The topological polar surface area (TPSA) is 53.5 Å². The van der Waals surface area contributed by atoms with E-state index in [4.69, 9.17) is 4.98 Å². The second-order valence-electron chi connectivity index (χ2n) is 7.92. The van der Waals surface area contributed by atoms with Crippen molar-refractivity contribution in [1.82, 2.24) is 9.88 Å². The molecule has 0 saturated carbocycles. The van der Waals surface area contributed by atoms with Gasteiger partial charge in [-0.3, -0.25) is 14.5 Å². The second kappa shape index (κ2) is 7.39. The molecule has 3 aromatic rings. The molecule has 0 aliphatic carbocycles. The lowest BCUT2D eigenvalue weighted by atomic mass is 10.1. The predicted octanol–water partition coefficient (Wildman–Crippen LogP) is 4.98. The second-order valence-corrected chi connectivity index (χ2v) is 10.4. The highest BCUT2D eigenvalue weighted by Gasteiger charge is 2.54. The van der Waals surface area contributed by atoms with E-state index < -0.39 is 6.04 Å². The Labute approximate surface area is 184 Å². The van der Waals surface area contributed by atoms with Gasteiger partial charge in [-0.2, -0.15) is 0 Å². The summed E-state index contributed by atoms with van der Waals surface area (Å²) in [6, 6.07) is 15.5. The number of para-hydroxylation sites is 1. The minimum Gasteiger partial charge on any atom is -0.315 e. The molecule has 0 spiro atoms. The van der Waals surface area contributed by atoms with Crippen molar-refractivity contribution in [1.29, 1.82) is 0 Å². The first-order valence-corrected chi connectivity index (χ1v) is 12.0. The minimum absolute atomic E-state index is 0.0754. The first kappa shape index (κ1) is 19.6. The summed E-state index contributed by atoms with van der Waals surface area (Å²) in [6.07, 6.45) is 2.25. The van der Waals surface area contributed by atoms with Gasteiger partial charge in [0, 0.05) is 12.2 Å². The highest BCUT2D eigenvalue weighted by molar-refractivity contribution is 8.01. The van der Waals surface area contributed by atoms with Gasteiger partial charge >= 0.3 is 0 Å².